The number of nitrogens with two attached hydrogens (primary N) is 1. The number of hydrogen-bond donors (Lipinski definition) is 6. The molecule has 0 bridgehead atoms. The number of nitrogens with one attached hydrogen (secondary N) is 3. The van der Waals surface area contributed by atoms with Gasteiger partial charge in [-0.2, -0.15) is 0 Å². The highest BCUT2D eigenvalue weighted by atomic mass is 16.4. The lowest BCUT2D eigenvalue weighted by molar-refractivity contribution is -0.138. The van der Waals surface area contributed by atoms with Crippen LogP contribution in [-0.2, 0) is 25.6 Å². The molecule has 1 aromatic rings. The molecule has 3 amide bonds. The van der Waals surface area contributed by atoms with Crippen LogP contribution in [0.5, 0.6) is 5.75 Å². The lowest BCUT2D eigenvalue weighted by Crippen LogP contribution is -2.55. The number of phenolic OH excluding ortho intramolecular Hbond substituents is 1. The fourth-order valence-electron chi connectivity index (χ4n) is 2.59. The molecular weight excluding hydrogens is 380 g/mol. The van der Waals surface area contributed by atoms with Crippen molar-refractivity contribution in [2.45, 2.75) is 38.8 Å². The molecule has 7 N–H and O–H groups in total. The quantitative estimate of drug-likeness (QED) is 0.276. The van der Waals surface area contributed by atoms with Crippen LogP contribution in [0.4, 0.5) is 0 Å². The van der Waals surface area contributed by atoms with Crippen molar-refractivity contribution in [2.24, 2.45) is 11.7 Å². The molecule has 0 aliphatic rings. The first-order valence-corrected chi connectivity index (χ1v) is 9.19. The molecule has 0 saturated carbocycles. The van der Waals surface area contributed by atoms with E-state index in [-0.39, 0.29) is 24.6 Å². The minimum absolute atomic E-state index is 0.0474. The molecule has 160 valence electrons. The molecule has 0 aromatic heterocycles. The Kier molecular flexibility index (Phi) is 9.60. The molecule has 2 unspecified atom stereocenters. The Morgan fingerprint density at radius 2 is 1.62 bits per heavy atom. The van der Waals surface area contributed by atoms with Crippen molar-refractivity contribution >= 4 is 23.7 Å². The molecule has 0 radical (unpaired) electrons. The molecule has 0 fully saturated rings. The molecule has 0 aliphatic heterocycles. The zero-order valence-electron chi connectivity index (χ0n) is 16.5. The van der Waals surface area contributed by atoms with Gasteiger partial charge in [-0.1, -0.05) is 26.0 Å². The van der Waals surface area contributed by atoms with Crippen molar-refractivity contribution in [3.63, 3.8) is 0 Å². The fraction of sp³-hybridized carbons (Fsp3) is 0.474. The van der Waals surface area contributed by atoms with Crippen molar-refractivity contribution in [3.05, 3.63) is 29.8 Å². The Morgan fingerprint density at radius 1 is 1.00 bits per heavy atom. The lowest BCUT2D eigenvalue weighted by Gasteiger charge is -2.24. The number of carbonyl (C=O) groups is 4. The largest absolute Gasteiger partial charge is 0.508 e. The number of hydrogen-bond acceptors (Lipinski definition) is 6. The van der Waals surface area contributed by atoms with E-state index in [1.54, 1.807) is 12.1 Å². The highest BCUT2D eigenvalue weighted by Crippen LogP contribution is 2.12. The van der Waals surface area contributed by atoms with Gasteiger partial charge < -0.3 is 31.9 Å². The van der Waals surface area contributed by atoms with Crippen molar-refractivity contribution in [3.8, 4) is 5.75 Å². The summed E-state index contributed by atoms with van der Waals surface area (Å²) < 4.78 is 0. The Hall–Kier alpha value is -3.14. The average Bonchev–Trinajstić information content (AvgIpc) is 2.66. The zero-order chi connectivity index (χ0) is 22.0. The average molecular weight is 408 g/mol. The van der Waals surface area contributed by atoms with Crippen LogP contribution in [0.15, 0.2) is 24.3 Å². The number of aromatic hydroxyl groups is 1. The van der Waals surface area contributed by atoms with E-state index in [4.69, 9.17) is 10.8 Å². The van der Waals surface area contributed by atoms with Crippen LogP contribution < -0.4 is 21.7 Å². The second kappa shape index (κ2) is 11.6. The minimum Gasteiger partial charge on any atom is -0.508 e. The van der Waals surface area contributed by atoms with Crippen molar-refractivity contribution in [1.82, 2.24) is 16.0 Å². The second-order valence-electron chi connectivity index (χ2n) is 7.00. The molecule has 2 atom stereocenters. The van der Waals surface area contributed by atoms with Gasteiger partial charge in [-0.15, -0.1) is 0 Å². The standard InChI is InChI=1S/C19H28N4O6/c1-11(2)7-14(22-16(25)9-20)19(29)23-15(18(28)21-10-17(26)27)8-12-3-5-13(24)6-4-12/h3-6,11,14-15,24H,7-10,20H2,1-2H3,(H,21,28)(H,22,25)(H,23,29)(H,26,27). The maximum atomic E-state index is 12.7. The topological polar surface area (TPSA) is 171 Å². The smallest absolute Gasteiger partial charge is 0.322 e. The van der Waals surface area contributed by atoms with Crippen molar-refractivity contribution in [1.29, 1.82) is 0 Å². The third-order valence-electron chi connectivity index (χ3n) is 3.97. The number of benzene rings is 1. The van der Waals surface area contributed by atoms with Crippen LogP contribution in [0.1, 0.15) is 25.8 Å². The van der Waals surface area contributed by atoms with Crippen LogP contribution in [0.25, 0.3) is 0 Å². The number of amides is 3. The van der Waals surface area contributed by atoms with Gasteiger partial charge in [0.1, 0.15) is 24.4 Å². The van der Waals surface area contributed by atoms with Crippen LogP contribution in [-0.4, -0.2) is 59.1 Å². The SMILES string of the molecule is CC(C)CC(NC(=O)CN)C(=O)NC(Cc1ccc(O)cc1)C(=O)NCC(=O)O. The van der Waals surface area contributed by atoms with Crippen molar-refractivity contribution < 1.29 is 29.4 Å². The Bertz CT molecular complexity index is 720. The van der Waals surface area contributed by atoms with E-state index in [0.29, 0.717) is 12.0 Å². The summed E-state index contributed by atoms with van der Waals surface area (Å²) in [6.45, 7) is 2.88. The first kappa shape index (κ1) is 23.9. The third kappa shape index (κ3) is 9.06. The van der Waals surface area contributed by atoms with E-state index in [0.717, 1.165) is 0 Å². The molecule has 1 rings (SSSR count). The minimum atomic E-state index is -1.22. The van der Waals surface area contributed by atoms with E-state index in [2.05, 4.69) is 16.0 Å². The second-order valence-corrected chi connectivity index (χ2v) is 7.00. The van der Waals surface area contributed by atoms with Gasteiger partial charge in [-0.05, 0) is 30.0 Å². The van der Waals surface area contributed by atoms with Crippen molar-refractivity contribution in [2.75, 3.05) is 13.1 Å². The Balaban J connectivity index is 2.97. The summed E-state index contributed by atoms with van der Waals surface area (Å²) in [5.41, 5.74) is 5.94. The first-order valence-electron chi connectivity index (χ1n) is 9.19. The van der Waals surface area contributed by atoms with Crippen LogP contribution in [0.2, 0.25) is 0 Å². The summed E-state index contributed by atoms with van der Waals surface area (Å²) in [7, 11) is 0. The van der Waals surface area contributed by atoms with Gasteiger partial charge in [0.25, 0.3) is 0 Å². The number of carboxylic acid groups (broad SMARTS) is 1. The molecule has 0 spiro atoms. The maximum absolute atomic E-state index is 12.7. The van der Waals surface area contributed by atoms with Crippen LogP contribution >= 0.6 is 0 Å². The van der Waals surface area contributed by atoms with Gasteiger partial charge in [0, 0.05) is 6.42 Å². The summed E-state index contributed by atoms with van der Waals surface area (Å²) in [6, 6.07) is 4.08. The Morgan fingerprint density at radius 3 is 2.14 bits per heavy atom. The summed E-state index contributed by atoms with van der Waals surface area (Å²) >= 11 is 0. The molecule has 10 nitrogen and oxygen atoms in total. The zero-order valence-corrected chi connectivity index (χ0v) is 16.5. The monoisotopic (exact) mass is 408 g/mol. The molecule has 29 heavy (non-hydrogen) atoms. The van der Waals surface area contributed by atoms with Crippen LogP contribution in [0.3, 0.4) is 0 Å². The highest BCUT2D eigenvalue weighted by molar-refractivity contribution is 5.93. The molecular formula is C19H28N4O6. The van der Waals surface area contributed by atoms with E-state index < -0.39 is 42.3 Å². The van der Waals surface area contributed by atoms with Gasteiger partial charge in [0.2, 0.25) is 17.7 Å². The number of phenols is 1. The van der Waals surface area contributed by atoms with Gasteiger partial charge in [-0.25, -0.2) is 0 Å². The molecule has 0 aliphatic carbocycles. The Labute approximate surface area is 168 Å². The maximum Gasteiger partial charge on any atom is 0.322 e. The van der Waals surface area contributed by atoms with Gasteiger partial charge in [0.15, 0.2) is 0 Å². The predicted octanol–water partition coefficient (Wildman–Crippen LogP) is -0.890. The van der Waals surface area contributed by atoms with E-state index in [9.17, 15) is 24.3 Å². The number of carboxylic acids is 1. The fourth-order valence-corrected chi connectivity index (χ4v) is 2.59. The number of aliphatic carboxylic acids is 1. The first-order chi connectivity index (χ1) is 13.6. The normalized spacial score (nSPS) is 12.7. The van der Waals surface area contributed by atoms with Crippen LogP contribution in [0, 0.1) is 5.92 Å². The molecule has 0 saturated heterocycles. The molecule has 10 heteroatoms. The third-order valence-corrected chi connectivity index (χ3v) is 3.97. The summed E-state index contributed by atoms with van der Waals surface area (Å²) in [4.78, 5) is 47.5. The van der Waals surface area contributed by atoms with E-state index in [1.807, 2.05) is 13.8 Å². The number of rotatable bonds is 11. The molecule has 1 aromatic carbocycles. The van der Waals surface area contributed by atoms with Gasteiger partial charge >= 0.3 is 5.97 Å². The summed E-state index contributed by atoms with van der Waals surface area (Å²) in [6.07, 6.45) is 0.400. The summed E-state index contributed by atoms with van der Waals surface area (Å²) in [5.74, 6) is -2.85. The lowest BCUT2D eigenvalue weighted by atomic mass is 10.0. The molecule has 0 heterocycles. The van der Waals surface area contributed by atoms with E-state index >= 15 is 0 Å². The highest BCUT2D eigenvalue weighted by Gasteiger charge is 2.27. The predicted molar refractivity (Wildman–Crippen MR) is 105 cm³/mol. The summed E-state index contributed by atoms with van der Waals surface area (Å²) in [5, 5.41) is 25.5. The van der Waals surface area contributed by atoms with Gasteiger partial charge in [0.05, 0.1) is 6.54 Å². The van der Waals surface area contributed by atoms with E-state index in [1.165, 1.54) is 12.1 Å². The number of carbonyl (C=O) groups excluding carboxylic acids is 3. The van der Waals surface area contributed by atoms with Gasteiger partial charge in [-0.3, -0.25) is 19.2 Å².